The first-order chi connectivity index (χ1) is 13.9. The van der Waals surface area contributed by atoms with Gasteiger partial charge >= 0.3 is 11.6 Å². The number of phenolic OH excluding ortho intramolecular Hbond substituents is 1. The molecule has 8 heteroatoms. The SMILES string of the molecule is Cc1cccc(NC(=O)CSCC(=O)OCc2cc(=O)oc3cc(O)ccc23)c1. The Morgan fingerprint density at radius 2 is 1.97 bits per heavy atom. The van der Waals surface area contributed by atoms with Gasteiger partial charge < -0.3 is 19.6 Å². The quantitative estimate of drug-likeness (QED) is 0.452. The predicted molar refractivity (Wildman–Crippen MR) is 111 cm³/mol. The number of aromatic hydroxyl groups is 1. The zero-order valence-electron chi connectivity index (χ0n) is 15.6. The summed E-state index contributed by atoms with van der Waals surface area (Å²) in [5.41, 5.74) is 1.84. The second-order valence-corrected chi connectivity index (χ2v) is 7.33. The summed E-state index contributed by atoms with van der Waals surface area (Å²) in [6.45, 7) is 1.82. The number of esters is 1. The van der Waals surface area contributed by atoms with Crippen molar-refractivity contribution in [3.8, 4) is 5.75 Å². The lowest BCUT2D eigenvalue weighted by Gasteiger charge is -2.08. The fourth-order valence-corrected chi connectivity index (χ4v) is 3.29. The average Bonchev–Trinajstić information content (AvgIpc) is 2.65. The molecule has 0 atom stereocenters. The van der Waals surface area contributed by atoms with E-state index in [-0.39, 0.29) is 35.4 Å². The maximum atomic E-state index is 12.0. The van der Waals surface area contributed by atoms with Crippen molar-refractivity contribution in [2.24, 2.45) is 0 Å². The molecule has 3 rings (SSSR count). The largest absolute Gasteiger partial charge is 0.508 e. The van der Waals surface area contributed by atoms with Crippen molar-refractivity contribution in [2.75, 3.05) is 16.8 Å². The van der Waals surface area contributed by atoms with Gasteiger partial charge in [-0.2, -0.15) is 0 Å². The molecule has 1 aromatic heterocycles. The van der Waals surface area contributed by atoms with Gasteiger partial charge in [0.05, 0.1) is 11.5 Å². The van der Waals surface area contributed by atoms with E-state index in [1.807, 2.05) is 25.1 Å². The minimum absolute atomic E-state index is 0.00139. The number of anilines is 1. The van der Waals surface area contributed by atoms with Crippen LogP contribution in [-0.2, 0) is 20.9 Å². The summed E-state index contributed by atoms with van der Waals surface area (Å²) in [5.74, 6) is -0.629. The standard InChI is InChI=1S/C21H19NO6S/c1-13-3-2-4-15(7-13)22-19(24)11-29-12-21(26)27-10-14-8-20(25)28-18-9-16(23)5-6-17(14)18/h2-9,23H,10-12H2,1H3,(H,22,24). The highest BCUT2D eigenvalue weighted by Crippen LogP contribution is 2.22. The Hall–Kier alpha value is -3.26. The van der Waals surface area contributed by atoms with Crippen LogP contribution in [-0.4, -0.2) is 28.5 Å². The molecule has 1 amide bonds. The molecule has 150 valence electrons. The molecule has 0 spiro atoms. The minimum atomic E-state index is -0.601. The molecule has 0 aliphatic rings. The molecule has 3 aromatic rings. The lowest BCUT2D eigenvalue weighted by atomic mass is 10.1. The number of carbonyl (C=O) groups is 2. The van der Waals surface area contributed by atoms with Crippen LogP contribution in [0.25, 0.3) is 11.0 Å². The third-order valence-electron chi connectivity index (χ3n) is 3.96. The number of phenols is 1. The summed E-state index contributed by atoms with van der Waals surface area (Å²) in [4.78, 5) is 35.5. The summed E-state index contributed by atoms with van der Waals surface area (Å²) in [6, 6.07) is 13.0. The third kappa shape index (κ3) is 5.86. The van der Waals surface area contributed by atoms with E-state index in [1.165, 1.54) is 18.2 Å². The van der Waals surface area contributed by atoms with Crippen LogP contribution in [0.5, 0.6) is 5.75 Å². The smallest absolute Gasteiger partial charge is 0.336 e. The van der Waals surface area contributed by atoms with Gasteiger partial charge in [0.25, 0.3) is 0 Å². The monoisotopic (exact) mass is 413 g/mol. The Kier molecular flexibility index (Phi) is 6.56. The number of nitrogens with one attached hydrogen (secondary N) is 1. The van der Waals surface area contributed by atoms with Crippen LogP contribution in [0.2, 0.25) is 0 Å². The van der Waals surface area contributed by atoms with E-state index in [2.05, 4.69) is 5.32 Å². The first-order valence-electron chi connectivity index (χ1n) is 8.76. The molecular formula is C21H19NO6S. The van der Waals surface area contributed by atoms with Crippen LogP contribution < -0.4 is 10.9 Å². The predicted octanol–water partition coefficient (Wildman–Crippen LogP) is 3.22. The number of amides is 1. The van der Waals surface area contributed by atoms with Crippen molar-refractivity contribution in [3.05, 3.63) is 70.1 Å². The molecule has 1 heterocycles. The number of ether oxygens (including phenoxy) is 1. The van der Waals surface area contributed by atoms with Gasteiger partial charge in [-0.25, -0.2) is 4.79 Å². The fourth-order valence-electron chi connectivity index (χ4n) is 2.68. The molecule has 2 aromatic carbocycles. The highest BCUT2D eigenvalue weighted by atomic mass is 32.2. The van der Waals surface area contributed by atoms with Crippen LogP contribution in [0.15, 0.2) is 57.7 Å². The molecule has 0 saturated heterocycles. The second kappa shape index (κ2) is 9.29. The molecule has 7 nitrogen and oxygen atoms in total. The first kappa shape index (κ1) is 20.5. The van der Waals surface area contributed by atoms with Crippen molar-refractivity contribution in [1.82, 2.24) is 0 Å². The Bertz CT molecular complexity index is 1110. The van der Waals surface area contributed by atoms with E-state index in [0.29, 0.717) is 16.6 Å². The van der Waals surface area contributed by atoms with Crippen LogP contribution in [0.1, 0.15) is 11.1 Å². The molecule has 0 fully saturated rings. The summed E-state index contributed by atoms with van der Waals surface area (Å²) >= 11 is 1.14. The fraction of sp³-hybridized carbons (Fsp3) is 0.190. The number of aryl methyl sites for hydroxylation is 1. The Morgan fingerprint density at radius 3 is 2.76 bits per heavy atom. The van der Waals surface area contributed by atoms with Crippen LogP contribution >= 0.6 is 11.8 Å². The Morgan fingerprint density at radius 1 is 1.14 bits per heavy atom. The Labute approximate surface area is 170 Å². The van der Waals surface area contributed by atoms with Crippen LogP contribution in [0, 0.1) is 6.92 Å². The number of hydrogen-bond acceptors (Lipinski definition) is 7. The number of benzene rings is 2. The van der Waals surface area contributed by atoms with E-state index in [0.717, 1.165) is 17.3 Å². The summed E-state index contributed by atoms with van der Waals surface area (Å²) in [5, 5.41) is 12.8. The summed E-state index contributed by atoms with van der Waals surface area (Å²) < 4.78 is 10.2. The lowest BCUT2D eigenvalue weighted by molar-refractivity contribution is -0.141. The van der Waals surface area contributed by atoms with E-state index in [1.54, 1.807) is 12.1 Å². The minimum Gasteiger partial charge on any atom is -0.508 e. The normalized spacial score (nSPS) is 10.7. The van der Waals surface area contributed by atoms with E-state index < -0.39 is 11.6 Å². The van der Waals surface area contributed by atoms with Crippen molar-refractivity contribution >= 4 is 40.3 Å². The molecular weight excluding hydrogens is 394 g/mol. The molecule has 0 radical (unpaired) electrons. The highest BCUT2D eigenvalue weighted by Gasteiger charge is 2.11. The summed E-state index contributed by atoms with van der Waals surface area (Å²) in [6.07, 6.45) is 0. The van der Waals surface area contributed by atoms with Gasteiger partial charge in [-0.15, -0.1) is 11.8 Å². The number of hydrogen-bond donors (Lipinski definition) is 2. The van der Waals surface area contributed by atoms with Crippen molar-refractivity contribution in [1.29, 1.82) is 0 Å². The lowest BCUT2D eigenvalue weighted by Crippen LogP contribution is -2.16. The van der Waals surface area contributed by atoms with Gasteiger partial charge in [0, 0.05) is 28.8 Å². The van der Waals surface area contributed by atoms with Gasteiger partial charge in [0.1, 0.15) is 17.9 Å². The summed E-state index contributed by atoms with van der Waals surface area (Å²) in [7, 11) is 0. The molecule has 29 heavy (non-hydrogen) atoms. The Balaban J connectivity index is 1.48. The maximum Gasteiger partial charge on any atom is 0.336 e. The van der Waals surface area contributed by atoms with E-state index >= 15 is 0 Å². The molecule has 0 aliphatic heterocycles. The average molecular weight is 413 g/mol. The third-order valence-corrected chi connectivity index (χ3v) is 4.86. The number of carbonyl (C=O) groups excluding carboxylic acids is 2. The highest BCUT2D eigenvalue weighted by molar-refractivity contribution is 8.00. The molecule has 0 bridgehead atoms. The van der Waals surface area contributed by atoms with Crippen molar-refractivity contribution in [2.45, 2.75) is 13.5 Å². The van der Waals surface area contributed by atoms with Crippen LogP contribution in [0.3, 0.4) is 0 Å². The van der Waals surface area contributed by atoms with Crippen LogP contribution in [0.4, 0.5) is 5.69 Å². The topological polar surface area (TPSA) is 106 Å². The van der Waals surface area contributed by atoms with Gasteiger partial charge in [-0.3, -0.25) is 9.59 Å². The second-order valence-electron chi connectivity index (χ2n) is 6.34. The van der Waals surface area contributed by atoms with Gasteiger partial charge in [-0.05, 0) is 36.8 Å². The van der Waals surface area contributed by atoms with E-state index in [4.69, 9.17) is 9.15 Å². The first-order valence-corrected chi connectivity index (χ1v) is 9.92. The van der Waals surface area contributed by atoms with E-state index in [9.17, 15) is 19.5 Å². The van der Waals surface area contributed by atoms with Gasteiger partial charge in [-0.1, -0.05) is 12.1 Å². The van der Waals surface area contributed by atoms with Crippen molar-refractivity contribution < 1.29 is 23.8 Å². The maximum absolute atomic E-state index is 12.0. The molecule has 0 unspecified atom stereocenters. The molecule has 2 N–H and O–H groups in total. The zero-order valence-corrected chi connectivity index (χ0v) is 16.5. The van der Waals surface area contributed by atoms with Gasteiger partial charge in [0.2, 0.25) is 5.91 Å². The van der Waals surface area contributed by atoms with Gasteiger partial charge in [0.15, 0.2) is 0 Å². The molecule has 0 aliphatic carbocycles. The number of thioether (sulfide) groups is 1. The molecule has 0 saturated carbocycles. The van der Waals surface area contributed by atoms with Crippen molar-refractivity contribution in [3.63, 3.8) is 0 Å². The number of rotatable bonds is 7. The number of fused-ring (bicyclic) bond motifs is 1. The zero-order chi connectivity index (χ0) is 20.8.